The molecule has 128 valence electrons. The first-order valence-electron chi connectivity index (χ1n) is 8.16. The molecule has 7 nitrogen and oxygen atoms in total. The summed E-state index contributed by atoms with van der Waals surface area (Å²) in [4.78, 5) is 16.4. The first kappa shape index (κ1) is 16.3. The van der Waals surface area contributed by atoms with Crippen LogP contribution in [0.2, 0.25) is 0 Å². The van der Waals surface area contributed by atoms with E-state index in [1.807, 2.05) is 38.6 Å². The first-order valence-corrected chi connectivity index (χ1v) is 8.16. The number of carbonyl (C=O) groups excluding carboxylic acids is 1. The van der Waals surface area contributed by atoms with Gasteiger partial charge in [0, 0.05) is 32.0 Å². The number of alkyl carbamates (subject to hydrolysis) is 1. The van der Waals surface area contributed by atoms with Gasteiger partial charge in [-0.25, -0.2) is 9.78 Å². The summed E-state index contributed by atoms with van der Waals surface area (Å²) in [5, 5.41) is 6.48. The largest absolute Gasteiger partial charge is 0.444 e. The number of nitrogens with one attached hydrogen (secondary N) is 2. The summed E-state index contributed by atoms with van der Waals surface area (Å²) < 4.78 is 13.2. The zero-order valence-corrected chi connectivity index (χ0v) is 14.2. The summed E-state index contributed by atoms with van der Waals surface area (Å²) in [6.45, 7) is 7.00. The van der Waals surface area contributed by atoms with Gasteiger partial charge in [-0.05, 0) is 27.2 Å². The Bertz CT molecular complexity index is 566. The molecule has 1 saturated carbocycles. The van der Waals surface area contributed by atoms with Gasteiger partial charge in [-0.15, -0.1) is 0 Å². The van der Waals surface area contributed by atoms with E-state index in [4.69, 9.17) is 9.47 Å². The highest BCUT2D eigenvalue weighted by molar-refractivity contribution is 5.68. The van der Waals surface area contributed by atoms with Crippen LogP contribution in [0.3, 0.4) is 0 Å². The molecule has 4 unspecified atom stereocenters. The molecule has 23 heavy (non-hydrogen) atoms. The van der Waals surface area contributed by atoms with E-state index >= 15 is 0 Å². The fraction of sp³-hybridized carbons (Fsp3) is 0.750. The minimum Gasteiger partial charge on any atom is -0.444 e. The lowest BCUT2D eigenvalue weighted by Crippen LogP contribution is -2.70. The van der Waals surface area contributed by atoms with Crippen molar-refractivity contribution in [3.63, 3.8) is 0 Å². The fourth-order valence-electron chi connectivity index (χ4n) is 3.37. The number of aromatic nitrogens is 2. The van der Waals surface area contributed by atoms with Gasteiger partial charge in [0.2, 0.25) is 0 Å². The van der Waals surface area contributed by atoms with Gasteiger partial charge in [0.05, 0.1) is 24.7 Å². The molecule has 0 aromatic carbocycles. The van der Waals surface area contributed by atoms with E-state index in [0.717, 1.165) is 18.9 Å². The molecule has 3 rings (SSSR count). The number of hydrogen-bond donors (Lipinski definition) is 2. The number of fused-ring (bicyclic) bond motifs is 1. The maximum Gasteiger partial charge on any atom is 0.407 e. The van der Waals surface area contributed by atoms with Crippen molar-refractivity contribution in [2.75, 3.05) is 6.61 Å². The van der Waals surface area contributed by atoms with Gasteiger partial charge in [-0.1, -0.05) is 0 Å². The zero-order chi connectivity index (χ0) is 16.6. The number of nitrogens with zero attached hydrogens (tertiary/aromatic N) is 2. The normalized spacial score (nSPS) is 29.7. The van der Waals surface area contributed by atoms with Crippen molar-refractivity contribution in [3.05, 3.63) is 18.2 Å². The summed E-state index contributed by atoms with van der Waals surface area (Å²) in [5.41, 5.74) is -0.491. The molecule has 0 bridgehead atoms. The van der Waals surface area contributed by atoms with Crippen LogP contribution >= 0.6 is 0 Å². The second-order valence-electron chi connectivity index (χ2n) is 7.32. The lowest BCUT2D eigenvalue weighted by molar-refractivity contribution is -0.0346. The number of carbonyl (C=O) groups is 1. The Labute approximate surface area is 136 Å². The third-order valence-electron chi connectivity index (χ3n) is 4.49. The highest BCUT2D eigenvalue weighted by Gasteiger charge is 2.54. The van der Waals surface area contributed by atoms with E-state index in [-0.39, 0.29) is 24.3 Å². The minimum absolute atomic E-state index is 0.0395. The van der Waals surface area contributed by atoms with Gasteiger partial charge in [0.1, 0.15) is 11.4 Å². The standard InChI is InChI=1S/C16H26N4O3/c1-16(2,3)23-15(21)19-12-10-5-8-22-14(10)13(12)18-9-11-17-6-7-20(11)4/h6-7,10,12-14,18H,5,8-9H2,1-4H3,(H,19,21). The van der Waals surface area contributed by atoms with Crippen LogP contribution in [-0.4, -0.2) is 46.0 Å². The lowest BCUT2D eigenvalue weighted by atomic mass is 9.71. The van der Waals surface area contributed by atoms with Crippen molar-refractivity contribution in [2.24, 2.45) is 13.0 Å². The molecule has 7 heteroatoms. The summed E-state index contributed by atoms with van der Waals surface area (Å²) >= 11 is 0. The van der Waals surface area contributed by atoms with E-state index in [0.29, 0.717) is 12.5 Å². The SMILES string of the molecule is Cn1ccnc1CNC1C(NC(=O)OC(C)(C)C)C2CCOC21. The number of amides is 1. The van der Waals surface area contributed by atoms with Gasteiger partial charge in [0.15, 0.2) is 0 Å². The number of ether oxygens (including phenoxy) is 2. The van der Waals surface area contributed by atoms with Crippen LogP contribution in [0.4, 0.5) is 4.79 Å². The molecule has 2 aliphatic rings. The molecule has 1 saturated heterocycles. The smallest absolute Gasteiger partial charge is 0.407 e. The van der Waals surface area contributed by atoms with E-state index in [2.05, 4.69) is 15.6 Å². The van der Waals surface area contributed by atoms with Crippen LogP contribution in [0.5, 0.6) is 0 Å². The summed E-state index contributed by atoms with van der Waals surface area (Å²) in [6, 6.07) is 0.129. The van der Waals surface area contributed by atoms with E-state index in [1.165, 1.54) is 0 Å². The molecule has 4 atom stereocenters. The number of rotatable bonds is 4. The zero-order valence-electron chi connectivity index (χ0n) is 14.2. The number of hydrogen-bond acceptors (Lipinski definition) is 5. The van der Waals surface area contributed by atoms with Crippen molar-refractivity contribution in [1.82, 2.24) is 20.2 Å². The fourth-order valence-corrected chi connectivity index (χ4v) is 3.37. The Morgan fingerprint density at radius 3 is 2.91 bits per heavy atom. The Morgan fingerprint density at radius 2 is 2.26 bits per heavy atom. The molecule has 2 N–H and O–H groups in total. The van der Waals surface area contributed by atoms with Gasteiger partial charge in [0.25, 0.3) is 0 Å². The van der Waals surface area contributed by atoms with Crippen molar-refractivity contribution in [3.8, 4) is 0 Å². The van der Waals surface area contributed by atoms with Crippen molar-refractivity contribution in [1.29, 1.82) is 0 Å². The van der Waals surface area contributed by atoms with Gasteiger partial charge < -0.3 is 24.7 Å². The molecular weight excluding hydrogens is 296 g/mol. The molecule has 2 fully saturated rings. The molecule has 1 amide bonds. The van der Waals surface area contributed by atoms with E-state index in [1.54, 1.807) is 6.20 Å². The molecule has 1 aromatic rings. The number of imidazole rings is 1. The van der Waals surface area contributed by atoms with Crippen molar-refractivity contribution >= 4 is 6.09 Å². The van der Waals surface area contributed by atoms with Gasteiger partial charge in [-0.2, -0.15) is 0 Å². The van der Waals surface area contributed by atoms with Crippen LogP contribution in [0, 0.1) is 5.92 Å². The average Bonchev–Trinajstić information content (AvgIpc) is 3.02. The monoisotopic (exact) mass is 322 g/mol. The molecule has 1 aliphatic carbocycles. The second kappa shape index (κ2) is 6.13. The number of aryl methyl sites for hydroxylation is 1. The van der Waals surface area contributed by atoms with Crippen molar-refractivity contribution in [2.45, 2.75) is 57.5 Å². The van der Waals surface area contributed by atoms with E-state index < -0.39 is 5.60 Å². The Hall–Kier alpha value is -1.60. The van der Waals surface area contributed by atoms with Gasteiger partial charge in [-0.3, -0.25) is 0 Å². The summed E-state index contributed by atoms with van der Waals surface area (Å²) in [7, 11) is 1.97. The third kappa shape index (κ3) is 3.50. The Balaban J connectivity index is 1.59. The van der Waals surface area contributed by atoms with Crippen LogP contribution in [0.15, 0.2) is 12.4 Å². The maximum atomic E-state index is 12.1. The molecule has 1 aromatic heterocycles. The highest BCUT2D eigenvalue weighted by atomic mass is 16.6. The molecule has 0 spiro atoms. The average molecular weight is 322 g/mol. The van der Waals surface area contributed by atoms with Crippen molar-refractivity contribution < 1.29 is 14.3 Å². The topological polar surface area (TPSA) is 77.4 Å². The van der Waals surface area contributed by atoms with Crippen LogP contribution in [-0.2, 0) is 23.1 Å². The molecule has 2 heterocycles. The third-order valence-corrected chi connectivity index (χ3v) is 4.49. The van der Waals surface area contributed by atoms with Crippen LogP contribution < -0.4 is 10.6 Å². The quantitative estimate of drug-likeness (QED) is 0.871. The Morgan fingerprint density at radius 1 is 1.48 bits per heavy atom. The maximum absolute atomic E-state index is 12.1. The molecular formula is C16H26N4O3. The predicted molar refractivity (Wildman–Crippen MR) is 84.8 cm³/mol. The molecule has 0 radical (unpaired) electrons. The highest BCUT2D eigenvalue weighted by Crippen LogP contribution is 2.39. The first-order chi connectivity index (χ1) is 10.8. The minimum atomic E-state index is -0.491. The van der Waals surface area contributed by atoms with Gasteiger partial charge >= 0.3 is 6.09 Å². The van der Waals surface area contributed by atoms with E-state index in [9.17, 15) is 4.79 Å². The summed E-state index contributed by atoms with van der Waals surface area (Å²) in [6.07, 6.45) is 4.48. The van der Waals surface area contributed by atoms with Crippen LogP contribution in [0.1, 0.15) is 33.0 Å². The Kier molecular flexibility index (Phi) is 4.33. The predicted octanol–water partition coefficient (Wildman–Crippen LogP) is 1.19. The summed E-state index contributed by atoms with van der Waals surface area (Å²) in [5.74, 6) is 1.32. The molecule has 1 aliphatic heterocycles. The second-order valence-corrected chi connectivity index (χ2v) is 7.32. The lowest BCUT2D eigenvalue weighted by Gasteiger charge is -2.48. The van der Waals surface area contributed by atoms with Crippen LogP contribution in [0.25, 0.3) is 0 Å².